The van der Waals surface area contributed by atoms with Crippen LogP contribution < -0.4 is 15.1 Å². The molecule has 0 radical (unpaired) electrons. The molecule has 7 nitrogen and oxygen atoms in total. The van der Waals surface area contributed by atoms with Crippen LogP contribution in [-0.4, -0.2) is 47.7 Å². The summed E-state index contributed by atoms with van der Waals surface area (Å²) in [6.07, 6.45) is -2.72. The fourth-order valence-electron chi connectivity index (χ4n) is 4.60. The SMILES string of the molecule is CN1CCC(Oc2c(F)cc(Nc3ncc(C(F)(F)F)c(N4OCC[C@H]4c4ccccc4)n3)cc2F)CC1. The van der Waals surface area contributed by atoms with Gasteiger partial charge in [-0.15, -0.1) is 0 Å². The zero-order valence-corrected chi connectivity index (χ0v) is 20.5. The van der Waals surface area contributed by atoms with E-state index in [9.17, 15) is 22.0 Å². The Morgan fingerprint density at radius 2 is 1.71 bits per heavy atom. The number of piperidine rings is 1. The van der Waals surface area contributed by atoms with E-state index in [2.05, 4.69) is 20.2 Å². The number of anilines is 3. The Hall–Kier alpha value is -3.51. The number of nitrogens with zero attached hydrogens (tertiary/aromatic N) is 4. The minimum absolute atomic E-state index is 0.0802. The highest BCUT2D eigenvalue weighted by Crippen LogP contribution is 2.42. The molecule has 0 aliphatic carbocycles. The average Bonchev–Trinajstić information content (AvgIpc) is 3.37. The minimum atomic E-state index is -4.76. The van der Waals surface area contributed by atoms with Gasteiger partial charge in [0.2, 0.25) is 5.95 Å². The van der Waals surface area contributed by atoms with Gasteiger partial charge >= 0.3 is 6.18 Å². The number of likely N-dealkylation sites (tertiary alicyclic amines) is 1. The van der Waals surface area contributed by atoms with E-state index in [4.69, 9.17) is 9.57 Å². The topological polar surface area (TPSA) is 62.8 Å². The van der Waals surface area contributed by atoms with Crippen LogP contribution in [0, 0.1) is 11.6 Å². The molecular formula is C26H26F5N5O2. The highest BCUT2D eigenvalue weighted by Gasteiger charge is 2.40. The first-order chi connectivity index (χ1) is 18.2. The van der Waals surface area contributed by atoms with Gasteiger partial charge in [0.15, 0.2) is 23.2 Å². The fraction of sp³-hybridized carbons (Fsp3) is 0.385. The molecule has 2 aromatic carbocycles. The molecule has 1 N–H and O–H groups in total. The van der Waals surface area contributed by atoms with Crippen molar-refractivity contribution >= 4 is 17.5 Å². The van der Waals surface area contributed by atoms with Crippen LogP contribution in [-0.2, 0) is 11.0 Å². The molecule has 3 heterocycles. The summed E-state index contributed by atoms with van der Waals surface area (Å²) < 4.78 is 76.7. The van der Waals surface area contributed by atoms with Crippen molar-refractivity contribution in [2.45, 2.75) is 37.6 Å². The molecule has 1 aromatic heterocycles. The molecule has 2 aliphatic rings. The Kier molecular flexibility index (Phi) is 7.35. The molecule has 0 unspecified atom stereocenters. The van der Waals surface area contributed by atoms with Crippen molar-refractivity contribution in [3.63, 3.8) is 0 Å². The first-order valence-electron chi connectivity index (χ1n) is 12.2. The standard InChI is InChI=1S/C26H26F5N5O2/c1-35-10-7-18(8-11-35)38-23-20(27)13-17(14-21(23)28)33-25-32-15-19(26(29,30)31)24(34-25)36-22(9-12-37-36)16-5-3-2-4-6-16/h2-6,13-15,18,22H,7-12H2,1H3,(H,32,33,34)/t22-/m0/s1. The van der Waals surface area contributed by atoms with Crippen molar-refractivity contribution in [3.8, 4) is 5.75 Å². The van der Waals surface area contributed by atoms with E-state index < -0.39 is 41.0 Å². The molecule has 38 heavy (non-hydrogen) atoms. The molecule has 5 rings (SSSR count). The van der Waals surface area contributed by atoms with Crippen molar-refractivity contribution in [2.75, 3.05) is 37.1 Å². The third-order valence-corrected chi connectivity index (χ3v) is 6.58. The molecule has 202 valence electrons. The first kappa shape index (κ1) is 26.1. The number of halogens is 5. The Bertz CT molecular complexity index is 1250. The van der Waals surface area contributed by atoms with E-state index in [-0.39, 0.29) is 24.3 Å². The molecule has 2 aliphatic heterocycles. The second kappa shape index (κ2) is 10.7. The van der Waals surface area contributed by atoms with Crippen LogP contribution in [0.3, 0.4) is 0 Å². The number of benzene rings is 2. The summed E-state index contributed by atoms with van der Waals surface area (Å²) in [5.74, 6) is -3.14. The maximum Gasteiger partial charge on any atom is 0.421 e. The quantitative estimate of drug-likeness (QED) is 0.396. The van der Waals surface area contributed by atoms with Crippen molar-refractivity contribution in [1.29, 1.82) is 0 Å². The van der Waals surface area contributed by atoms with Gasteiger partial charge < -0.3 is 15.0 Å². The van der Waals surface area contributed by atoms with Gasteiger partial charge in [-0.2, -0.15) is 18.2 Å². The number of aromatic nitrogens is 2. The molecule has 0 saturated carbocycles. The van der Waals surface area contributed by atoms with Crippen LogP contribution in [0.2, 0.25) is 0 Å². The van der Waals surface area contributed by atoms with Crippen molar-refractivity contribution < 1.29 is 31.5 Å². The highest BCUT2D eigenvalue weighted by atomic mass is 19.4. The van der Waals surface area contributed by atoms with Crippen LogP contribution in [0.25, 0.3) is 0 Å². The van der Waals surface area contributed by atoms with Crippen LogP contribution >= 0.6 is 0 Å². The number of hydroxylamine groups is 1. The maximum atomic E-state index is 14.8. The van der Waals surface area contributed by atoms with E-state index in [1.165, 1.54) is 0 Å². The van der Waals surface area contributed by atoms with Gasteiger partial charge in [-0.1, -0.05) is 30.3 Å². The molecule has 12 heteroatoms. The number of hydrogen-bond donors (Lipinski definition) is 1. The number of ether oxygens (including phenoxy) is 1. The maximum absolute atomic E-state index is 14.8. The zero-order valence-electron chi connectivity index (χ0n) is 20.5. The summed E-state index contributed by atoms with van der Waals surface area (Å²) in [7, 11) is 1.96. The lowest BCUT2D eigenvalue weighted by Crippen LogP contribution is -2.35. The van der Waals surface area contributed by atoms with E-state index >= 15 is 0 Å². The summed E-state index contributed by atoms with van der Waals surface area (Å²) in [6.45, 7) is 1.71. The van der Waals surface area contributed by atoms with Crippen LogP contribution in [0.4, 0.5) is 39.4 Å². The Morgan fingerprint density at radius 1 is 1.03 bits per heavy atom. The summed E-state index contributed by atoms with van der Waals surface area (Å²) >= 11 is 0. The number of hydrogen-bond acceptors (Lipinski definition) is 7. The van der Waals surface area contributed by atoms with Crippen molar-refractivity contribution in [3.05, 3.63) is 71.4 Å². The molecule has 0 bridgehead atoms. The van der Waals surface area contributed by atoms with Gasteiger partial charge in [0, 0.05) is 43.5 Å². The summed E-state index contributed by atoms with van der Waals surface area (Å²) in [5.41, 5.74) is -0.413. The van der Waals surface area contributed by atoms with E-state index in [0.29, 0.717) is 25.5 Å². The fourth-order valence-corrected chi connectivity index (χ4v) is 4.60. The molecule has 3 aromatic rings. The monoisotopic (exact) mass is 535 g/mol. The predicted molar refractivity (Wildman–Crippen MR) is 130 cm³/mol. The van der Waals surface area contributed by atoms with Crippen LogP contribution in [0.1, 0.15) is 36.4 Å². The van der Waals surface area contributed by atoms with E-state index in [1.54, 1.807) is 30.3 Å². The summed E-state index contributed by atoms with van der Waals surface area (Å²) in [4.78, 5) is 15.5. The Labute approximate surface area is 216 Å². The first-order valence-corrected chi connectivity index (χ1v) is 12.2. The van der Waals surface area contributed by atoms with Crippen LogP contribution in [0.5, 0.6) is 5.75 Å². The van der Waals surface area contributed by atoms with Crippen molar-refractivity contribution in [1.82, 2.24) is 14.9 Å². The Balaban J connectivity index is 1.41. The van der Waals surface area contributed by atoms with Gasteiger partial charge in [-0.05, 0) is 25.5 Å². The lowest BCUT2D eigenvalue weighted by molar-refractivity contribution is -0.138. The average molecular weight is 536 g/mol. The minimum Gasteiger partial charge on any atom is -0.484 e. The second-order valence-electron chi connectivity index (χ2n) is 9.32. The highest BCUT2D eigenvalue weighted by molar-refractivity contribution is 5.59. The van der Waals surface area contributed by atoms with Gasteiger partial charge in [-0.3, -0.25) is 4.84 Å². The molecule has 2 saturated heterocycles. The normalized spacial score (nSPS) is 19.1. The van der Waals surface area contributed by atoms with Gasteiger partial charge in [0.25, 0.3) is 0 Å². The van der Waals surface area contributed by atoms with Gasteiger partial charge in [0.05, 0.1) is 12.6 Å². The summed E-state index contributed by atoms with van der Waals surface area (Å²) in [6, 6.07) is 10.4. The number of nitrogens with one attached hydrogen (secondary N) is 1. The van der Waals surface area contributed by atoms with Crippen molar-refractivity contribution in [2.24, 2.45) is 0 Å². The van der Waals surface area contributed by atoms with E-state index in [0.717, 1.165) is 35.8 Å². The number of rotatable bonds is 6. The molecular weight excluding hydrogens is 509 g/mol. The Morgan fingerprint density at radius 3 is 2.37 bits per heavy atom. The zero-order chi connectivity index (χ0) is 26.9. The summed E-state index contributed by atoms with van der Waals surface area (Å²) in [5, 5.41) is 3.72. The second-order valence-corrected chi connectivity index (χ2v) is 9.32. The largest absolute Gasteiger partial charge is 0.484 e. The van der Waals surface area contributed by atoms with Crippen LogP contribution in [0.15, 0.2) is 48.7 Å². The third kappa shape index (κ3) is 5.65. The van der Waals surface area contributed by atoms with E-state index in [1.807, 2.05) is 7.05 Å². The smallest absolute Gasteiger partial charge is 0.421 e. The lowest BCUT2D eigenvalue weighted by Gasteiger charge is -2.29. The third-order valence-electron chi connectivity index (χ3n) is 6.58. The van der Waals surface area contributed by atoms with Gasteiger partial charge in [0.1, 0.15) is 11.7 Å². The molecule has 0 amide bonds. The molecule has 2 fully saturated rings. The number of alkyl halides is 3. The molecule has 0 spiro atoms. The predicted octanol–water partition coefficient (Wildman–Crippen LogP) is 5.87. The lowest BCUT2D eigenvalue weighted by atomic mass is 10.0. The molecule has 1 atom stereocenters. The van der Waals surface area contributed by atoms with Gasteiger partial charge in [-0.25, -0.2) is 18.8 Å².